The molecule has 1 aromatic rings. The number of aryl methyl sites for hydroxylation is 1. The van der Waals surface area contributed by atoms with Crippen LogP contribution in [0.1, 0.15) is 15.7 Å². The molecule has 0 aromatic carbocycles. The van der Waals surface area contributed by atoms with E-state index in [0.717, 1.165) is 37.6 Å². The van der Waals surface area contributed by atoms with Crippen molar-refractivity contribution in [3.05, 3.63) is 21.9 Å². The fourth-order valence-corrected chi connectivity index (χ4v) is 3.31. The first-order valence-corrected chi connectivity index (χ1v) is 7.47. The lowest BCUT2D eigenvalue weighted by atomic mass is 10.1. The molecule has 1 fully saturated rings. The highest BCUT2D eigenvalue weighted by molar-refractivity contribution is 7.12. The third-order valence-electron chi connectivity index (χ3n) is 3.63. The Morgan fingerprint density at radius 3 is 2.58 bits per heavy atom. The van der Waals surface area contributed by atoms with Crippen LogP contribution < -0.4 is 0 Å². The van der Waals surface area contributed by atoms with Crippen LogP contribution in [-0.4, -0.2) is 62.7 Å². The zero-order valence-electron chi connectivity index (χ0n) is 11.9. The molecule has 1 unspecified atom stereocenters. The van der Waals surface area contributed by atoms with Gasteiger partial charge in [0.2, 0.25) is 0 Å². The van der Waals surface area contributed by atoms with Gasteiger partial charge in [0.1, 0.15) is 5.92 Å². The number of esters is 1. The molecule has 1 saturated heterocycles. The van der Waals surface area contributed by atoms with E-state index in [1.54, 1.807) is 11.3 Å². The quantitative estimate of drug-likeness (QED) is 0.785. The van der Waals surface area contributed by atoms with Gasteiger partial charge in [0.05, 0.1) is 7.11 Å². The van der Waals surface area contributed by atoms with Crippen molar-refractivity contribution in [1.82, 2.24) is 9.80 Å². The van der Waals surface area contributed by atoms with Gasteiger partial charge in [0.15, 0.2) is 0 Å². The number of hydrogen-bond donors (Lipinski definition) is 0. The summed E-state index contributed by atoms with van der Waals surface area (Å²) in [5, 5.41) is 0. The second kappa shape index (κ2) is 6.50. The molecule has 1 atom stereocenters. The van der Waals surface area contributed by atoms with Gasteiger partial charge in [-0.25, -0.2) is 0 Å². The smallest absolute Gasteiger partial charge is 0.315 e. The molecular weight excluding hydrogens is 260 g/mol. The fourth-order valence-electron chi connectivity index (χ4n) is 2.35. The largest absolute Gasteiger partial charge is 0.468 e. The normalized spacial score (nSPS) is 19.3. The molecule has 106 valence electrons. The minimum atomic E-state index is -0.146. The Bertz CT molecular complexity index is 425. The fraction of sp³-hybridized carbons (Fsp3) is 0.643. The number of ether oxygens (including phenoxy) is 1. The molecule has 0 N–H and O–H groups in total. The van der Waals surface area contributed by atoms with Crippen LogP contribution in [0.5, 0.6) is 0 Å². The van der Waals surface area contributed by atoms with E-state index in [9.17, 15) is 4.79 Å². The minimum absolute atomic E-state index is 0.124. The molecule has 19 heavy (non-hydrogen) atoms. The van der Waals surface area contributed by atoms with Crippen LogP contribution in [0.4, 0.5) is 0 Å². The molecule has 5 heteroatoms. The van der Waals surface area contributed by atoms with Gasteiger partial charge >= 0.3 is 5.97 Å². The molecule has 0 aliphatic carbocycles. The zero-order chi connectivity index (χ0) is 13.8. The molecule has 1 aromatic heterocycles. The van der Waals surface area contributed by atoms with Gasteiger partial charge in [0.25, 0.3) is 0 Å². The summed E-state index contributed by atoms with van der Waals surface area (Å²) in [7, 11) is 3.61. The molecule has 1 aliphatic heterocycles. The van der Waals surface area contributed by atoms with Crippen molar-refractivity contribution in [2.45, 2.75) is 12.8 Å². The summed E-state index contributed by atoms with van der Waals surface area (Å²) in [4.78, 5) is 19.0. The average molecular weight is 282 g/mol. The Labute approximate surface area is 119 Å². The number of nitrogens with zero attached hydrogens (tertiary/aromatic N) is 2. The maximum atomic E-state index is 12.0. The summed E-state index contributed by atoms with van der Waals surface area (Å²) >= 11 is 1.69. The third-order valence-corrected chi connectivity index (χ3v) is 4.74. The third kappa shape index (κ3) is 3.78. The Morgan fingerprint density at radius 2 is 2.05 bits per heavy atom. The van der Waals surface area contributed by atoms with Crippen LogP contribution in [0.15, 0.2) is 12.1 Å². The number of thiophene rings is 1. The minimum Gasteiger partial charge on any atom is -0.468 e. The van der Waals surface area contributed by atoms with Crippen molar-refractivity contribution in [2.24, 2.45) is 0 Å². The van der Waals surface area contributed by atoms with Crippen LogP contribution in [0.2, 0.25) is 0 Å². The van der Waals surface area contributed by atoms with Gasteiger partial charge in [-0.05, 0) is 26.1 Å². The molecule has 0 radical (unpaired) electrons. The van der Waals surface area contributed by atoms with Crippen LogP contribution in [-0.2, 0) is 9.53 Å². The lowest BCUT2D eigenvalue weighted by Crippen LogP contribution is -2.46. The van der Waals surface area contributed by atoms with E-state index in [1.165, 1.54) is 12.0 Å². The molecule has 0 spiro atoms. The molecule has 0 bridgehead atoms. The number of carbonyl (C=O) groups excluding carboxylic acids is 1. The van der Waals surface area contributed by atoms with Crippen molar-refractivity contribution in [3.8, 4) is 0 Å². The van der Waals surface area contributed by atoms with Crippen LogP contribution in [0.25, 0.3) is 0 Å². The van der Waals surface area contributed by atoms with E-state index in [-0.39, 0.29) is 11.9 Å². The highest BCUT2D eigenvalue weighted by Gasteiger charge is 2.27. The van der Waals surface area contributed by atoms with Crippen molar-refractivity contribution < 1.29 is 9.53 Å². The summed E-state index contributed by atoms with van der Waals surface area (Å²) in [6.45, 7) is 7.01. The Kier molecular flexibility index (Phi) is 4.96. The summed E-state index contributed by atoms with van der Waals surface area (Å²) in [6, 6.07) is 4.12. The number of rotatable bonds is 4. The van der Waals surface area contributed by atoms with Gasteiger partial charge < -0.3 is 9.64 Å². The van der Waals surface area contributed by atoms with E-state index in [4.69, 9.17) is 4.74 Å². The second-order valence-corrected chi connectivity index (χ2v) is 6.45. The number of methoxy groups -OCH3 is 1. The first-order valence-electron chi connectivity index (χ1n) is 6.65. The first-order chi connectivity index (χ1) is 9.10. The Balaban J connectivity index is 2.04. The summed E-state index contributed by atoms with van der Waals surface area (Å²) in [6.07, 6.45) is 0. The first kappa shape index (κ1) is 14.5. The predicted octanol–water partition coefficient (Wildman–Crippen LogP) is 1.56. The number of piperazine rings is 1. The molecule has 0 saturated carbocycles. The molecule has 4 nitrogen and oxygen atoms in total. The van der Waals surface area contributed by atoms with E-state index in [0.29, 0.717) is 0 Å². The lowest BCUT2D eigenvalue weighted by molar-refractivity contribution is -0.143. The van der Waals surface area contributed by atoms with Gasteiger partial charge in [-0.1, -0.05) is 0 Å². The van der Waals surface area contributed by atoms with Gasteiger partial charge in [-0.15, -0.1) is 11.3 Å². The van der Waals surface area contributed by atoms with Gasteiger partial charge in [0, 0.05) is 42.5 Å². The Morgan fingerprint density at radius 1 is 1.37 bits per heavy atom. The van der Waals surface area contributed by atoms with Crippen molar-refractivity contribution in [2.75, 3.05) is 46.9 Å². The Hall–Kier alpha value is -0.910. The average Bonchev–Trinajstić information content (AvgIpc) is 2.83. The maximum Gasteiger partial charge on any atom is 0.315 e. The van der Waals surface area contributed by atoms with Crippen molar-refractivity contribution in [3.63, 3.8) is 0 Å². The summed E-state index contributed by atoms with van der Waals surface area (Å²) < 4.78 is 4.97. The highest BCUT2D eigenvalue weighted by atomic mass is 32.1. The molecular formula is C14H22N2O2S. The number of likely N-dealkylation sites (N-methyl/N-ethyl adjacent to an activating group) is 1. The summed E-state index contributed by atoms with van der Waals surface area (Å²) in [5.41, 5.74) is 0. The number of hydrogen-bond acceptors (Lipinski definition) is 5. The molecule has 0 amide bonds. The standard InChI is InChI=1S/C14H22N2O2S/c1-11-4-5-13(19-11)12(14(17)18-3)10-16-8-6-15(2)7-9-16/h4-5,12H,6-10H2,1-3H3. The highest BCUT2D eigenvalue weighted by Crippen LogP contribution is 2.26. The summed E-state index contributed by atoms with van der Waals surface area (Å²) in [5.74, 6) is -0.270. The van der Waals surface area contributed by atoms with E-state index in [2.05, 4.69) is 35.9 Å². The van der Waals surface area contributed by atoms with Crippen LogP contribution in [0, 0.1) is 6.92 Å². The maximum absolute atomic E-state index is 12.0. The van der Waals surface area contributed by atoms with E-state index in [1.807, 2.05) is 0 Å². The van der Waals surface area contributed by atoms with Crippen LogP contribution >= 0.6 is 11.3 Å². The topological polar surface area (TPSA) is 32.8 Å². The van der Waals surface area contributed by atoms with Crippen molar-refractivity contribution in [1.29, 1.82) is 0 Å². The molecule has 1 aliphatic rings. The molecule has 2 heterocycles. The number of carbonyl (C=O) groups is 1. The molecule has 2 rings (SSSR count). The second-order valence-electron chi connectivity index (χ2n) is 5.13. The van der Waals surface area contributed by atoms with E-state index < -0.39 is 0 Å². The van der Waals surface area contributed by atoms with Crippen LogP contribution in [0.3, 0.4) is 0 Å². The monoisotopic (exact) mass is 282 g/mol. The lowest BCUT2D eigenvalue weighted by Gasteiger charge is -2.33. The van der Waals surface area contributed by atoms with Gasteiger partial charge in [-0.3, -0.25) is 9.69 Å². The van der Waals surface area contributed by atoms with Gasteiger partial charge in [-0.2, -0.15) is 0 Å². The van der Waals surface area contributed by atoms with Crippen molar-refractivity contribution >= 4 is 17.3 Å². The zero-order valence-corrected chi connectivity index (χ0v) is 12.7. The predicted molar refractivity (Wildman–Crippen MR) is 77.8 cm³/mol. The van der Waals surface area contributed by atoms with E-state index >= 15 is 0 Å². The SMILES string of the molecule is COC(=O)C(CN1CCN(C)CC1)c1ccc(C)s1.